The molecule has 0 heterocycles. The third-order valence-corrected chi connectivity index (χ3v) is 12.1. The molecule has 83 heavy (non-hydrogen) atoms. The van der Waals surface area contributed by atoms with Gasteiger partial charge in [0.15, 0.2) is 29.8 Å². The van der Waals surface area contributed by atoms with E-state index in [9.17, 15) is 43.2 Å². The minimum absolute atomic E-state index is 0.0140. The highest BCUT2D eigenvalue weighted by molar-refractivity contribution is 5.98. The summed E-state index contributed by atoms with van der Waals surface area (Å²) in [7, 11) is 0. The summed E-state index contributed by atoms with van der Waals surface area (Å²) in [5, 5.41) is 18.2. The third-order valence-electron chi connectivity index (χ3n) is 12.1. The highest BCUT2D eigenvalue weighted by Crippen LogP contribution is 2.11. The summed E-state index contributed by atoms with van der Waals surface area (Å²) in [6, 6.07) is -10.7. The van der Waals surface area contributed by atoms with Crippen LogP contribution >= 0.6 is 0 Å². The number of guanidine groups is 5. The number of amides is 9. The molecule has 472 valence electrons. The Hall–Kier alpha value is -8.54. The van der Waals surface area contributed by atoms with Crippen LogP contribution in [0.15, 0.2) is 25.0 Å². The molecule has 0 rings (SSSR count). The molecule has 0 radical (unpaired) electrons. The normalized spacial score (nSPS) is 13.6. The average molecular weight is 1180 g/mol. The minimum atomic E-state index is -1.62. The first-order valence-corrected chi connectivity index (χ1v) is 27.3. The molecule has 0 bridgehead atoms. The van der Waals surface area contributed by atoms with Gasteiger partial charge in [0.05, 0.1) is 6.04 Å². The summed E-state index contributed by atoms with van der Waals surface area (Å²) in [6.45, 7) is 0.832. The van der Waals surface area contributed by atoms with Crippen LogP contribution in [0, 0.1) is 0 Å². The number of unbranched alkanes of at least 4 members (excludes halogenated alkanes) is 2. The van der Waals surface area contributed by atoms with E-state index < -0.39 is 114 Å². The minimum Gasteiger partial charge on any atom is -0.370 e. The molecule has 0 aliphatic carbocycles. The predicted molar refractivity (Wildman–Crippen MR) is 314 cm³/mol. The Balaban J connectivity index is 7.15. The molecule has 36 heteroatoms. The van der Waals surface area contributed by atoms with E-state index in [1.165, 1.54) is 0 Å². The van der Waals surface area contributed by atoms with Gasteiger partial charge in [-0.2, -0.15) is 0 Å². The Morgan fingerprint density at radius 3 is 0.771 bits per heavy atom. The summed E-state index contributed by atoms with van der Waals surface area (Å²) >= 11 is 0. The van der Waals surface area contributed by atoms with Gasteiger partial charge in [-0.05, 0) is 122 Å². The monoisotopic (exact) mass is 1180 g/mol. The Labute approximate surface area is 482 Å². The second kappa shape index (κ2) is 43.2. The Morgan fingerprint density at radius 2 is 0.518 bits per heavy atom. The molecule has 0 saturated carbocycles. The molecule has 0 unspecified atom stereocenters. The van der Waals surface area contributed by atoms with Crippen molar-refractivity contribution in [2.75, 3.05) is 45.8 Å². The van der Waals surface area contributed by atoms with Gasteiger partial charge in [0.1, 0.15) is 42.3 Å². The molecule has 9 amide bonds. The van der Waals surface area contributed by atoms with Crippen molar-refractivity contribution >= 4 is 83.0 Å². The van der Waals surface area contributed by atoms with Crippen LogP contribution in [0.25, 0.3) is 0 Å². The standard InChI is InChI=1S/C47H95N27O9/c48-19-3-1-11-28(69-36(77)26(50)10-5-21-63-43(53)54)38(79)70-29(12-2-4-20-49)39(80)72-32(16-9-25-67-47(61)62)41(82)74-33(17-18-34(51)75)42(83)73-31(15-8-24-66-46(59)60)40(81)71-30(14-7-23-65-45(57)58)37(78)68-27(35(52)76)13-6-22-64-44(55)56/h26-33H,1-25,48-50H2,(H2,51,75)(H2,52,76)(H,68,78)(H,69,77)(H,70,79)(H,71,81)(H,72,80)(H,73,83)(H,74,82)(H4,53,54,63)(H4,55,56,64)(H4,57,58,65)(H4,59,60,66)(H4,61,62,67)/t26-,27-,28-,29-,30-,31-,32-,33-/m0/s1. The maximum absolute atomic E-state index is 14.4. The molecule has 0 aromatic carbocycles. The number of carbonyl (C=O) groups is 9. The molecule has 37 N–H and O–H groups in total. The number of carbonyl (C=O) groups excluding carboxylic acids is 9. The van der Waals surface area contributed by atoms with Crippen LogP contribution in [-0.4, -0.2) is 177 Å². The summed E-state index contributed by atoms with van der Waals surface area (Å²) in [4.78, 5) is 143. The van der Waals surface area contributed by atoms with E-state index in [2.05, 4.69) is 62.2 Å². The first-order chi connectivity index (χ1) is 39.2. The number of hydrogen-bond acceptors (Lipinski definition) is 17. The van der Waals surface area contributed by atoms with Gasteiger partial charge in [-0.15, -0.1) is 0 Å². The summed E-state index contributed by atoms with van der Waals surface area (Å²) < 4.78 is 0. The maximum atomic E-state index is 14.4. The molecule has 0 aromatic heterocycles. The summed E-state index contributed by atoms with van der Waals surface area (Å²) in [5.74, 6) is -8.85. The smallest absolute Gasteiger partial charge is 0.243 e. The van der Waals surface area contributed by atoms with Crippen molar-refractivity contribution < 1.29 is 43.2 Å². The lowest BCUT2D eigenvalue weighted by Crippen LogP contribution is -2.60. The van der Waals surface area contributed by atoms with Gasteiger partial charge in [0.2, 0.25) is 53.2 Å². The van der Waals surface area contributed by atoms with E-state index in [0.29, 0.717) is 38.6 Å². The van der Waals surface area contributed by atoms with Gasteiger partial charge >= 0.3 is 0 Å². The Morgan fingerprint density at radius 1 is 0.289 bits per heavy atom. The van der Waals surface area contributed by atoms with E-state index in [4.69, 9.17) is 86.0 Å². The lowest BCUT2D eigenvalue weighted by molar-refractivity contribution is -0.136. The van der Waals surface area contributed by atoms with Gasteiger partial charge in [-0.25, -0.2) is 0 Å². The predicted octanol–water partition coefficient (Wildman–Crippen LogP) is -10.0. The van der Waals surface area contributed by atoms with Gasteiger partial charge in [-0.1, -0.05) is 0 Å². The molecular formula is C47H95N27O9. The van der Waals surface area contributed by atoms with Gasteiger partial charge in [0.25, 0.3) is 0 Å². The zero-order valence-corrected chi connectivity index (χ0v) is 47.4. The number of hydrogen-bond donors (Lipinski definition) is 22. The molecule has 36 nitrogen and oxygen atoms in total. The molecule has 8 atom stereocenters. The fraction of sp³-hybridized carbons (Fsp3) is 0.702. The van der Waals surface area contributed by atoms with Crippen molar-refractivity contribution in [3.63, 3.8) is 0 Å². The van der Waals surface area contributed by atoms with Crippen LogP contribution < -0.4 is 123 Å². The number of nitrogens with two attached hydrogens (primary N) is 15. The lowest BCUT2D eigenvalue weighted by Gasteiger charge is -2.28. The first-order valence-electron chi connectivity index (χ1n) is 27.3. The molecule has 0 aromatic rings. The van der Waals surface area contributed by atoms with Crippen LogP contribution in [0.5, 0.6) is 0 Å². The van der Waals surface area contributed by atoms with Crippen LogP contribution in [0.2, 0.25) is 0 Å². The van der Waals surface area contributed by atoms with Gasteiger partial charge in [-0.3, -0.25) is 68.1 Å². The van der Waals surface area contributed by atoms with Crippen molar-refractivity contribution in [3.05, 3.63) is 0 Å². The van der Waals surface area contributed by atoms with Crippen molar-refractivity contribution in [2.24, 2.45) is 111 Å². The largest absolute Gasteiger partial charge is 0.370 e. The summed E-state index contributed by atoms with van der Waals surface area (Å²) in [5.41, 5.74) is 83.3. The molecular weight excluding hydrogens is 1090 g/mol. The second-order valence-corrected chi connectivity index (χ2v) is 19.3. The number of rotatable bonds is 46. The van der Waals surface area contributed by atoms with Crippen LogP contribution in [-0.2, 0) is 43.2 Å². The topological polar surface area (TPSA) is 690 Å². The Kier molecular flexibility index (Phi) is 38.8. The van der Waals surface area contributed by atoms with E-state index in [1.807, 2.05) is 0 Å². The zero-order valence-electron chi connectivity index (χ0n) is 47.4. The van der Waals surface area contributed by atoms with E-state index in [0.717, 1.165) is 0 Å². The number of primary amides is 2. The molecule has 0 spiro atoms. The quantitative estimate of drug-likeness (QED) is 0.0153. The van der Waals surface area contributed by atoms with Crippen molar-refractivity contribution in [2.45, 2.75) is 164 Å². The van der Waals surface area contributed by atoms with Crippen LogP contribution in [0.3, 0.4) is 0 Å². The van der Waals surface area contributed by atoms with E-state index in [-0.39, 0.29) is 140 Å². The SMILES string of the molecule is NCCCC[C@H](NC(=O)[C@H](CCCCN)NC(=O)[C@@H](N)CCCN=C(N)N)C(=O)N[C@@H](CCCN=C(N)N)C(=O)N[C@@H](CCC(N)=O)C(=O)N[C@@H](CCCN=C(N)N)C(=O)N[C@@H](CCCN=C(N)N)C(=O)N[C@@H](CCCN=C(N)N)C(N)=O. The average Bonchev–Trinajstić information content (AvgIpc) is 3.47. The highest BCUT2D eigenvalue weighted by Gasteiger charge is 2.34. The Bertz CT molecular complexity index is 2190. The summed E-state index contributed by atoms with van der Waals surface area (Å²) in [6.07, 6.45) is 1.55. The number of nitrogens with zero attached hydrogens (tertiary/aromatic N) is 5. The van der Waals surface area contributed by atoms with Crippen molar-refractivity contribution in [1.82, 2.24) is 37.2 Å². The van der Waals surface area contributed by atoms with Crippen molar-refractivity contribution in [1.29, 1.82) is 0 Å². The number of aliphatic imine (C=N–C) groups is 5. The van der Waals surface area contributed by atoms with Gasteiger partial charge in [0, 0.05) is 39.1 Å². The van der Waals surface area contributed by atoms with Crippen molar-refractivity contribution in [3.8, 4) is 0 Å². The second-order valence-electron chi connectivity index (χ2n) is 19.3. The maximum Gasteiger partial charge on any atom is 0.243 e. The highest BCUT2D eigenvalue weighted by atomic mass is 16.2. The van der Waals surface area contributed by atoms with Crippen LogP contribution in [0.4, 0.5) is 0 Å². The van der Waals surface area contributed by atoms with Crippen LogP contribution in [0.1, 0.15) is 116 Å². The zero-order chi connectivity index (χ0) is 62.9. The third kappa shape index (κ3) is 36.4. The van der Waals surface area contributed by atoms with Gasteiger partial charge < -0.3 is 123 Å². The molecule has 0 saturated heterocycles. The van der Waals surface area contributed by atoms with E-state index in [1.54, 1.807) is 0 Å². The molecule has 0 aliphatic rings. The first kappa shape index (κ1) is 74.5. The van der Waals surface area contributed by atoms with E-state index >= 15 is 0 Å². The fourth-order valence-corrected chi connectivity index (χ4v) is 7.75. The number of nitrogens with one attached hydrogen (secondary N) is 7. The molecule has 0 aliphatic heterocycles. The molecule has 0 fully saturated rings. The fourth-order valence-electron chi connectivity index (χ4n) is 7.75. The lowest BCUT2D eigenvalue weighted by atomic mass is 10.0.